The fourth-order valence-electron chi connectivity index (χ4n) is 12.7. The first-order valence-corrected chi connectivity index (χ1v) is 19.8. The summed E-state index contributed by atoms with van der Waals surface area (Å²) in [6.07, 6.45) is 8.91. The summed E-state index contributed by atoms with van der Waals surface area (Å²) < 4.78 is 17.8. The van der Waals surface area contributed by atoms with Gasteiger partial charge in [0.1, 0.15) is 18.8 Å². The van der Waals surface area contributed by atoms with E-state index in [4.69, 9.17) is 25.8 Å². The Balaban J connectivity index is 1.39. The van der Waals surface area contributed by atoms with Crippen molar-refractivity contribution in [1.82, 2.24) is 5.32 Å². The zero-order valence-electron chi connectivity index (χ0n) is 32.8. The molecule has 1 aromatic rings. The highest BCUT2D eigenvalue weighted by atomic mass is 35.5. The highest BCUT2D eigenvalue weighted by Crippen LogP contribution is 2.76. The Morgan fingerprint density at radius 2 is 1.54 bits per heavy atom. The van der Waals surface area contributed by atoms with Crippen LogP contribution >= 0.6 is 11.6 Å². The predicted molar refractivity (Wildman–Crippen MR) is 200 cm³/mol. The van der Waals surface area contributed by atoms with Crippen molar-refractivity contribution < 1.29 is 33.4 Å². The smallest absolute Gasteiger partial charge is 0.303 e. The van der Waals surface area contributed by atoms with E-state index in [9.17, 15) is 19.2 Å². The maximum absolute atomic E-state index is 14.5. The lowest BCUT2D eigenvalue weighted by Crippen LogP contribution is -2.69. The number of rotatable bonds is 7. The van der Waals surface area contributed by atoms with Gasteiger partial charge in [0.05, 0.1) is 5.41 Å². The molecule has 286 valence electrons. The van der Waals surface area contributed by atoms with Crippen LogP contribution in [0, 0.1) is 50.2 Å². The van der Waals surface area contributed by atoms with Crippen LogP contribution in [0.25, 0.3) is 0 Å². The zero-order chi connectivity index (χ0) is 38.1. The Morgan fingerprint density at radius 3 is 2.19 bits per heavy atom. The first kappa shape index (κ1) is 38.8. The number of hydrogen-bond acceptors (Lipinski definition) is 7. The number of fused-ring (bicyclic) bond motifs is 7. The number of halogens is 1. The minimum Gasteiger partial charge on any atom is -0.465 e. The van der Waals surface area contributed by atoms with Gasteiger partial charge in [0.2, 0.25) is 5.91 Å². The number of hydrogen-bond donors (Lipinski definition) is 1. The molecule has 0 heterocycles. The second-order valence-electron chi connectivity index (χ2n) is 18.9. The molecule has 4 fully saturated rings. The van der Waals surface area contributed by atoms with Gasteiger partial charge in [-0.15, -0.1) is 0 Å². The molecule has 4 saturated carbocycles. The van der Waals surface area contributed by atoms with Gasteiger partial charge in [-0.1, -0.05) is 76.9 Å². The minimum absolute atomic E-state index is 0.0423. The Morgan fingerprint density at radius 1 is 0.846 bits per heavy atom. The molecule has 0 saturated heterocycles. The van der Waals surface area contributed by atoms with Crippen molar-refractivity contribution in [2.24, 2.45) is 50.2 Å². The SMILES string of the molecule is CC(=O)OC[C@@]1(C)C2CC[C@]3(C)C(CC=C4C5CC(C)(C)CC[C@]5(C(=O)NCc5cccc(Cl)c5)CC[C@]43C)[C@@]2(C)C[C@@H](OC(C)=O)[C@@H]1OC(C)=O. The molecule has 5 aliphatic rings. The molecule has 6 rings (SSSR count). The first-order valence-electron chi connectivity index (χ1n) is 19.4. The summed E-state index contributed by atoms with van der Waals surface area (Å²) in [6.45, 7) is 18.8. The van der Waals surface area contributed by atoms with Gasteiger partial charge >= 0.3 is 17.9 Å². The third-order valence-electron chi connectivity index (χ3n) is 15.3. The second-order valence-corrected chi connectivity index (χ2v) is 19.3. The molecular formula is C43H60ClNO7. The molecular weight excluding hydrogens is 678 g/mol. The van der Waals surface area contributed by atoms with Crippen LogP contribution in [0.3, 0.4) is 0 Å². The molecule has 8 nitrogen and oxygen atoms in total. The highest BCUT2D eigenvalue weighted by Gasteiger charge is 2.71. The van der Waals surface area contributed by atoms with Crippen LogP contribution in [0.5, 0.6) is 0 Å². The number of amides is 1. The zero-order valence-corrected chi connectivity index (χ0v) is 33.5. The Labute approximate surface area is 315 Å². The Kier molecular flexibility index (Phi) is 10.1. The molecule has 5 aliphatic carbocycles. The Hall–Kier alpha value is -2.87. The summed E-state index contributed by atoms with van der Waals surface area (Å²) in [5.41, 5.74) is 0.767. The Bertz CT molecular complexity index is 1650. The fraction of sp³-hybridized carbons (Fsp3) is 0.721. The number of allylic oxidation sites excluding steroid dienone is 2. The van der Waals surface area contributed by atoms with E-state index in [0.717, 1.165) is 56.9 Å². The summed E-state index contributed by atoms with van der Waals surface area (Å²) in [6, 6.07) is 7.71. The predicted octanol–water partition coefficient (Wildman–Crippen LogP) is 8.77. The minimum atomic E-state index is -0.771. The van der Waals surface area contributed by atoms with Crippen LogP contribution < -0.4 is 5.32 Å². The molecule has 1 amide bonds. The first-order chi connectivity index (χ1) is 24.2. The fourth-order valence-corrected chi connectivity index (χ4v) is 12.9. The molecule has 10 atom stereocenters. The van der Waals surface area contributed by atoms with Crippen molar-refractivity contribution in [3.8, 4) is 0 Å². The van der Waals surface area contributed by atoms with Crippen LogP contribution in [-0.2, 0) is 39.9 Å². The molecule has 9 heteroatoms. The second kappa shape index (κ2) is 13.5. The molecule has 1 aromatic carbocycles. The normalized spacial score (nSPS) is 40.3. The number of benzene rings is 1. The van der Waals surface area contributed by atoms with Crippen LogP contribution in [0.2, 0.25) is 5.02 Å². The van der Waals surface area contributed by atoms with E-state index < -0.39 is 40.9 Å². The van der Waals surface area contributed by atoms with Gasteiger partial charge in [-0.05, 0) is 115 Å². The molecule has 1 N–H and O–H groups in total. The third kappa shape index (κ3) is 6.30. The van der Waals surface area contributed by atoms with E-state index in [2.05, 4.69) is 52.9 Å². The maximum atomic E-state index is 14.5. The average molecular weight is 738 g/mol. The summed E-state index contributed by atoms with van der Waals surface area (Å²) >= 11 is 6.28. The number of carbonyl (C=O) groups is 4. The van der Waals surface area contributed by atoms with E-state index >= 15 is 0 Å². The summed E-state index contributed by atoms with van der Waals surface area (Å²) in [5, 5.41) is 4.03. The molecule has 52 heavy (non-hydrogen) atoms. The largest absolute Gasteiger partial charge is 0.465 e. The van der Waals surface area contributed by atoms with Crippen molar-refractivity contribution >= 4 is 35.4 Å². The molecule has 0 aromatic heterocycles. The van der Waals surface area contributed by atoms with E-state index in [1.165, 1.54) is 26.3 Å². The van der Waals surface area contributed by atoms with Crippen LogP contribution in [-0.4, -0.2) is 42.6 Å². The van der Waals surface area contributed by atoms with Gasteiger partial charge < -0.3 is 19.5 Å². The van der Waals surface area contributed by atoms with Gasteiger partial charge in [0.25, 0.3) is 0 Å². The van der Waals surface area contributed by atoms with Gasteiger partial charge in [-0.2, -0.15) is 0 Å². The van der Waals surface area contributed by atoms with E-state index in [1.807, 2.05) is 24.3 Å². The lowest BCUT2D eigenvalue weighted by molar-refractivity contribution is -0.255. The molecule has 0 radical (unpaired) electrons. The van der Waals surface area contributed by atoms with E-state index in [1.54, 1.807) is 0 Å². The van der Waals surface area contributed by atoms with Crippen LogP contribution in [0.15, 0.2) is 35.9 Å². The number of ether oxygens (including phenoxy) is 3. The van der Waals surface area contributed by atoms with Crippen molar-refractivity contribution in [2.45, 2.75) is 139 Å². The highest BCUT2D eigenvalue weighted by molar-refractivity contribution is 6.30. The molecule has 3 unspecified atom stereocenters. The van der Waals surface area contributed by atoms with E-state index in [-0.39, 0.29) is 51.9 Å². The number of nitrogens with one attached hydrogen (secondary N) is 1. The van der Waals surface area contributed by atoms with E-state index in [0.29, 0.717) is 18.0 Å². The lowest BCUT2D eigenvalue weighted by atomic mass is 9.33. The quantitative estimate of drug-likeness (QED) is 0.169. The van der Waals surface area contributed by atoms with Gasteiger partial charge in [-0.25, -0.2) is 0 Å². The van der Waals surface area contributed by atoms with Gasteiger partial charge in [-0.3, -0.25) is 19.2 Å². The standard InChI is InChI=1S/C43H60ClNO7/c1-26(46)50-25-40(7)34-15-16-42(9)35(39(34,6)23-33(51-27(2)47)36(40)52-28(3)48)14-13-31-32-22-38(4,5)17-19-43(32,20-18-41(31,42)8)37(49)45-24-29-11-10-12-30(44)21-29/h10-13,21,32-36H,14-20,22-25H2,1-9H3,(H,45,49)/t32?,33-,34?,35?,36+,39+,40+,41-,42-,43+/m1/s1. The van der Waals surface area contributed by atoms with Crippen molar-refractivity contribution in [3.63, 3.8) is 0 Å². The molecule has 0 aliphatic heterocycles. The van der Waals surface area contributed by atoms with Crippen LogP contribution in [0.4, 0.5) is 0 Å². The molecule has 0 bridgehead atoms. The summed E-state index contributed by atoms with van der Waals surface area (Å²) in [7, 11) is 0. The molecule has 0 spiro atoms. The maximum Gasteiger partial charge on any atom is 0.303 e. The van der Waals surface area contributed by atoms with Gasteiger partial charge in [0, 0.05) is 37.8 Å². The van der Waals surface area contributed by atoms with Crippen molar-refractivity contribution in [1.29, 1.82) is 0 Å². The number of carbonyl (C=O) groups excluding carboxylic acids is 4. The summed E-state index contributed by atoms with van der Waals surface area (Å²) in [4.78, 5) is 51.9. The van der Waals surface area contributed by atoms with Crippen LogP contribution in [0.1, 0.15) is 126 Å². The van der Waals surface area contributed by atoms with Gasteiger partial charge in [0.15, 0.2) is 0 Å². The lowest BCUT2D eigenvalue weighted by Gasteiger charge is -2.71. The topological polar surface area (TPSA) is 108 Å². The monoisotopic (exact) mass is 737 g/mol. The van der Waals surface area contributed by atoms with Crippen molar-refractivity contribution in [3.05, 3.63) is 46.5 Å². The van der Waals surface area contributed by atoms with Crippen molar-refractivity contribution in [2.75, 3.05) is 6.61 Å². The summed E-state index contributed by atoms with van der Waals surface area (Å²) in [5.74, 6) is -0.700. The third-order valence-corrected chi connectivity index (χ3v) is 15.6. The average Bonchev–Trinajstić information content (AvgIpc) is 3.04. The number of esters is 3.